The molecule has 4 rings (SSSR count). The van der Waals surface area contributed by atoms with Gasteiger partial charge in [0.25, 0.3) is 0 Å². The van der Waals surface area contributed by atoms with Crippen LogP contribution in [0.1, 0.15) is 22.3 Å². The Morgan fingerprint density at radius 2 is 0.667 bits per heavy atom. The summed E-state index contributed by atoms with van der Waals surface area (Å²) in [4.78, 5) is 0. The first-order chi connectivity index (χ1) is 13.2. The van der Waals surface area contributed by atoms with E-state index in [1.54, 1.807) is 0 Å². The smallest absolute Gasteiger partial charge is 0.0701 e. The molecule has 0 saturated carbocycles. The number of anilines is 2. The summed E-state index contributed by atoms with van der Waals surface area (Å²) < 4.78 is 0. The fraction of sp³-hybridized carbons (Fsp3) is 0.0400. The molecule has 0 aliphatic heterocycles. The van der Waals surface area contributed by atoms with Crippen LogP contribution < -0.4 is 11.5 Å². The van der Waals surface area contributed by atoms with Crippen LogP contribution in [0.5, 0.6) is 0 Å². The molecule has 4 aromatic carbocycles. The Labute approximate surface area is 160 Å². The van der Waals surface area contributed by atoms with E-state index in [4.69, 9.17) is 11.5 Å². The molecule has 0 atom stereocenters. The highest BCUT2D eigenvalue weighted by Crippen LogP contribution is 2.45. The summed E-state index contributed by atoms with van der Waals surface area (Å²) >= 11 is 0. The molecule has 0 unspecified atom stereocenters. The number of hydrogen-bond acceptors (Lipinski definition) is 2. The number of nitrogen functional groups attached to an aromatic ring is 2. The second-order valence-corrected chi connectivity index (χ2v) is 6.73. The SMILES string of the molecule is Nc1ccc(C(c2ccccc2)(c2ccccc2)c2ccc(N)cc2)cc1. The molecule has 0 aliphatic carbocycles. The van der Waals surface area contributed by atoms with Gasteiger partial charge in [-0.25, -0.2) is 0 Å². The summed E-state index contributed by atoms with van der Waals surface area (Å²) in [5, 5.41) is 0. The van der Waals surface area contributed by atoms with Gasteiger partial charge in [0.1, 0.15) is 0 Å². The molecule has 4 aromatic rings. The van der Waals surface area contributed by atoms with Gasteiger partial charge in [0.15, 0.2) is 0 Å². The van der Waals surface area contributed by atoms with Crippen LogP contribution in [0.15, 0.2) is 109 Å². The Kier molecular flexibility index (Phi) is 4.39. The van der Waals surface area contributed by atoms with Gasteiger partial charge < -0.3 is 11.5 Å². The van der Waals surface area contributed by atoms with E-state index >= 15 is 0 Å². The minimum Gasteiger partial charge on any atom is -0.399 e. The van der Waals surface area contributed by atoms with Crippen molar-refractivity contribution in [1.29, 1.82) is 0 Å². The molecule has 132 valence electrons. The average molecular weight is 350 g/mol. The molecule has 0 radical (unpaired) electrons. The van der Waals surface area contributed by atoms with Gasteiger partial charge >= 0.3 is 0 Å². The van der Waals surface area contributed by atoms with E-state index < -0.39 is 5.41 Å². The van der Waals surface area contributed by atoms with E-state index in [1.165, 1.54) is 22.3 Å². The van der Waals surface area contributed by atoms with E-state index in [0.717, 1.165) is 11.4 Å². The van der Waals surface area contributed by atoms with Gasteiger partial charge in [0.05, 0.1) is 5.41 Å². The van der Waals surface area contributed by atoms with E-state index in [1.807, 2.05) is 36.4 Å². The molecule has 0 saturated heterocycles. The Morgan fingerprint density at radius 3 is 1.00 bits per heavy atom. The van der Waals surface area contributed by atoms with Crippen molar-refractivity contribution in [1.82, 2.24) is 0 Å². The second-order valence-electron chi connectivity index (χ2n) is 6.73. The molecule has 0 aromatic heterocycles. The minimum absolute atomic E-state index is 0.454. The van der Waals surface area contributed by atoms with E-state index in [9.17, 15) is 0 Å². The third-order valence-corrected chi connectivity index (χ3v) is 5.10. The quantitative estimate of drug-likeness (QED) is 0.391. The number of rotatable bonds is 4. The lowest BCUT2D eigenvalue weighted by Gasteiger charge is -2.37. The van der Waals surface area contributed by atoms with Gasteiger partial charge in [0, 0.05) is 11.4 Å². The van der Waals surface area contributed by atoms with Gasteiger partial charge in [-0.05, 0) is 46.5 Å². The Bertz CT molecular complexity index is 918. The zero-order valence-electron chi connectivity index (χ0n) is 15.0. The molecule has 2 heteroatoms. The van der Waals surface area contributed by atoms with Crippen LogP contribution in [0.3, 0.4) is 0 Å². The largest absolute Gasteiger partial charge is 0.399 e. The predicted molar refractivity (Wildman–Crippen MR) is 114 cm³/mol. The number of hydrogen-bond donors (Lipinski definition) is 2. The van der Waals surface area contributed by atoms with Crippen molar-refractivity contribution >= 4 is 11.4 Å². The maximum Gasteiger partial charge on any atom is 0.0701 e. The van der Waals surface area contributed by atoms with Crippen LogP contribution in [-0.4, -0.2) is 0 Å². The fourth-order valence-electron chi connectivity index (χ4n) is 3.84. The van der Waals surface area contributed by atoms with Gasteiger partial charge in [-0.2, -0.15) is 0 Å². The van der Waals surface area contributed by atoms with E-state index in [0.29, 0.717) is 0 Å². The third kappa shape index (κ3) is 2.96. The van der Waals surface area contributed by atoms with Crippen LogP contribution in [0, 0.1) is 0 Å². The first-order valence-corrected chi connectivity index (χ1v) is 9.04. The van der Waals surface area contributed by atoms with Crippen molar-refractivity contribution in [2.24, 2.45) is 0 Å². The first-order valence-electron chi connectivity index (χ1n) is 9.04. The molecule has 0 spiro atoms. The van der Waals surface area contributed by atoms with Crippen molar-refractivity contribution in [3.8, 4) is 0 Å². The highest BCUT2D eigenvalue weighted by atomic mass is 14.5. The lowest BCUT2D eigenvalue weighted by molar-refractivity contribution is 0.745. The van der Waals surface area contributed by atoms with Gasteiger partial charge in [-0.3, -0.25) is 0 Å². The lowest BCUT2D eigenvalue weighted by Crippen LogP contribution is -2.31. The molecule has 27 heavy (non-hydrogen) atoms. The number of nitrogens with two attached hydrogens (primary N) is 2. The van der Waals surface area contributed by atoms with Crippen LogP contribution in [-0.2, 0) is 5.41 Å². The second kappa shape index (κ2) is 7.00. The zero-order chi connectivity index (χ0) is 18.7. The fourth-order valence-corrected chi connectivity index (χ4v) is 3.84. The minimum atomic E-state index is -0.454. The van der Waals surface area contributed by atoms with E-state index in [-0.39, 0.29) is 0 Å². The van der Waals surface area contributed by atoms with Crippen molar-refractivity contribution in [2.45, 2.75) is 5.41 Å². The van der Waals surface area contributed by atoms with Crippen LogP contribution in [0.25, 0.3) is 0 Å². The van der Waals surface area contributed by atoms with Crippen molar-refractivity contribution in [3.63, 3.8) is 0 Å². The highest BCUT2D eigenvalue weighted by Gasteiger charge is 2.38. The Morgan fingerprint density at radius 1 is 0.370 bits per heavy atom. The monoisotopic (exact) mass is 350 g/mol. The lowest BCUT2D eigenvalue weighted by atomic mass is 9.65. The van der Waals surface area contributed by atoms with Crippen LogP contribution in [0.2, 0.25) is 0 Å². The van der Waals surface area contributed by atoms with Crippen LogP contribution in [0.4, 0.5) is 11.4 Å². The molecule has 0 heterocycles. The molecule has 0 aliphatic rings. The van der Waals surface area contributed by atoms with Gasteiger partial charge in [0.2, 0.25) is 0 Å². The molecular weight excluding hydrogens is 328 g/mol. The highest BCUT2D eigenvalue weighted by molar-refractivity contribution is 5.62. The molecule has 4 N–H and O–H groups in total. The molecule has 2 nitrogen and oxygen atoms in total. The topological polar surface area (TPSA) is 52.0 Å². The van der Waals surface area contributed by atoms with E-state index in [2.05, 4.69) is 72.8 Å². The summed E-state index contributed by atoms with van der Waals surface area (Å²) in [7, 11) is 0. The maximum atomic E-state index is 5.99. The van der Waals surface area contributed by atoms with Crippen LogP contribution >= 0.6 is 0 Å². The Hall–Kier alpha value is -3.52. The summed E-state index contributed by atoms with van der Waals surface area (Å²) in [6.07, 6.45) is 0. The maximum absolute atomic E-state index is 5.99. The average Bonchev–Trinajstić information content (AvgIpc) is 2.73. The van der Waals surface area contributed by atoms with Crippen molar-refractivity contribution in [3.05, 3.63) is 131 Å². The molecule has 0 amide bonds. The third-order valence-electron chi connectivity index (χ3n) is 5.10. The molecule has 0 bridgehead atoms. The Balaban J connectivity index is 2.11. The molecule has 0 fully saturated rings. The summed E-state index contributed by atoms with van der Waals surface area (Å²) in [6.45, 7) is 0. The first kappa shape index (κ1) is 16.9. The zero-order valence-corrected chi connectivity index (χ0v) is 15.0. The van der Waals surface area contributed by atoms with Gasteiger partial charge in [-0.15, -0.1) is 0 Å². The van der Waals surface area contributed by atoms with Crippen molar-refractivity contribution < 1.29 is 0 Å². The van der Waals surface area contributed by atoms with Gasteiger partial charge in [-0.1, -0.05) is 84.9 Å². The summed E-state index contributed by atoms with van der Waals surface area (Å²) in [5.74, 6) is 0. The van der Waals surface area contributed by atoms with Crippen molar-refractivity contribution in [2.75, 3.05) is 11.5 Å². The summed E-state index contributed by atoms with van der Waals surface area (Å²) in [6, 6.07) is 37.5. The molecular formula is C25H22N2. The predicted octanol–water partition coefficient (Wildman–Crippen LogP) is 5.23. The summed E-state index contributed by atoms with van der Waals surface area (Å²) in [5.41, 5.74) is 17.8. The standard InChI is InChI=1S/C25H22N2/c26-23-15-11-21(12-16-23)25(19-7-3-1-4-8-19,20-9-5-2-6-10-20)22-13-17-24(27)18-14-22/h1-18H,26-27H2. The number of benzene rings is 4. The normalized spacial score (nSPS) is 11.3.